The van der Waals surface area contributed by atoms with E-state index in [1.165, 1.54) is 0 Å². The molecular formula is C8H15BrO. The zero-order chi connectivity index (χ0) is 8.15. The Balaban J connectivity index is 3.93. The minimum atomic E-state index is 0.194. The van der Waals surface area contributed by atoms with Gasteiger partial charge in [0.25, 0.3) is 0 Å². The van der Waals surface area contributed by atoms with E-state index in [4.69, 9.17) is 4.74 Å². The highest BCUT2D eigenvalue weighted by Gasteiger charge is 2.14. The number of rotatable bonds is 4. The Morgan fingerprint density at radius 1 is 1.60 bits per heavy atom. The Morgan fingerprint density at radius 3 is 2.20 bits per heavy atom. The smallest absolute Gasteiger partial charge is 0.0809 e. The van der Waals surface area contributed by atoms with Crippen molar-refractivity contribution in [3.05, 3.63) is 12.2 Å². The van der Waals surface area contributed by atoms with E-state index in [-0.39, 0.29) is 6.10 Å². The van der Waals surface area contributed by atoms with Gasteiger partial charge in [-0.15, -0.1) is 0 Å². The van der Waals surface area contributed by atoms with Crippen molar-refractivity contribution >= 4 is 15.9 Å². The average Bonchev–Trinajstić information content (AvgIpc) is 1.88. The summed E-state index contributed by atoms with van der Waals surface area (Å²) in [6, 6.07) is 0. The fraction of sp³-hybridized carbons (Fsp3) is 0.750. The SMILES string of the molecule is C=C(CBr)C(OC)C(C)C. The second-order valence-corrected chi connectivity index (χ2v) is 3.25. The first-order chi connectivity index (χ1) is 4.63. The Hall–Kier alpha value is 0.180. The molecule has 0 saturated heterocycles. The topological polar surface area (TPSA) is 9.23 Å². The van der Waals surface area contributed by atoms with Crippen LogP contribution in [0.3, 0.4) is 0 Å². The zero-order valence-electron chi connectivity index (χ0n) is 6.86. The standard InChI is InChI=1S/C8H15BrO/c1-6(2)8(10-4)7(3)5-9/h6,8H,3,5H2,1-2,4H3. The monoisotopic (exact) mass is 206 g/mol. The normalized spacial score (nSPS) is 13.7. The number of ether oxygens (including phenoxy) is 1. The number of halogens is 1. The van der Waals surface area contributed by atoms with Crippen LogP contribution >= 0.6 is 15.9 Å². The maximum Gasteiger partial charge on any atom is 0.0809 e. The van der Waals surface area contributed by atoms with E-state index in [9.17, 15) is 0 Å². The number of methoxy groups -OCH3 is 1. The number of alkyl halides is 1. The van der Waals surface area contributed by atoms with Crippen LogP contribution in [0, 0.1) is 5.92 Å². The molecule has 1 atom stereocenters. The summed E-state index contributed by atoms with van der Waals surface area (Å²) >= 11 is 3.34. The molecule has 0 radical (unpaired) electrons. The lowest BCUT2D eigenvalue weighted by molar-refractivity contribution is 0.0949. The maximum absolute atomic E-state index is 5.23. The molecule has 60 valence electrons. The van der Waals surface area contributed by atoms with Gasteiger partial charge in [-0.3, -0.25) is 0 Å². The predicted molar refractivity (Wildman–Crippen MR) is 48.6 cm³/mol. The predicted octanol–water partition coefficient (Wildman–Crippen LogP) is 2.61. The molecule has 0 aliphatic heterocycles. The van der Waals surface area contributed by atoms with Gasteiger partial charge in [-0.2, -0.15) is 0 Å². The number of hydrogen-bond acceptors (Lipinski definition) is 1. The van der Waals surface area contributed by atoms with Crippen LogP contribution in [0.15, 0.2) is 12.2 Å². The van der Waals surface area contributed by atoms with Crippen molar-refractivity contribution < 1.29 is 4.74 Å². The van der Waals surface area contributed by atoms with Gasteiger partial charge in [0.05, 0.1) is 6.10 Å². The van der Waals surface area contributed by atoms with Crippen molar-refractivity contribution in [2.45, 2.75) is 20.0 Å². The van der Waals surface area contributed by atoms with E-state index in [1.54, 1.807) is 7.11 Å². The molecule has 0 aliphatic carbocycles. The van der Waals surface area contributed by atoms with Crippen LogP contribution in [-0.2, 0) is 4.74 Å². The van der Waals surface area contributed by atoms with Crippen LogP contribution in [-0.4, -0.2) is 18.5 Å². The lowest BCUT2D eigenvalue weighted by Gasteiger charge is -2.19. The van der Waals surface area contributed by atoms with Gasteiger partial charge >= 0.3 is 0 Å². The average molecular weight is 207 g/mol. The van der Waals surface area contributed by atoms with Gasteiger partial charge in [0.1, 0.15) is 0 Å². The summed E-state index contributed by atoms with van der Waals surface area (Å²) in [6.07, 6.45) is 0.194. The molecule has 0 N–H and O–H groups in total. The number of hydrogen-bond donors (Lipinski definition) is 0. The molecule has 1 unspecified atom stereocenters. The summed E-state index contributed by atoms with van der Waals surface area (Å²) in [6.45, 7) is 8.15. The maximum atomic E-state index is 5.23. The van der Waals surface area contributed by atoms with Crippen molar-refractivity contribution in [1.82, 2.24) is 0 Å². The van der Waals surface area contributed by atoms with Gasteiger partial charge in [-0.05, 0) is 11.5 Å². The van der Waals surface area contributed by atoms with Crippen molar-refractivity contribution in [2.24, 2.45) is 5.92 Å². The highest BCUT2D eigenvalue weighted by atomic mass is 79.9. The largest absolute Gasteiger partial charge is 0.377 e. The van der Waals surface area contributed by atoms with Crippen molar-refractivity contribution in [3.8, 4) is 0 Å². The molecule has 10 heavy (non-hydrogen) atoms. The lowest BCUT2D eigenvalue weighted by atomic mass is 10.0. The van der Waals surface area contributed by atoms with Crippen molar-refractivity contribution in [3.63, 3.8) is 0 Å². The van der Waals surface area contributed by atoms with Crippen LogP contribution in [0.2, 0.25) is 0 Å². The summed E-state index contributed by atoms with van der Waals surface area (Å²) in [7, 11) is 1.72. The molecule has 0 amide bonds. The molecule has 0 aromatic rings. The van der Waals surface area contributed by atoms with E-state index < -0.39 is 0 Å². The van der Waals surface area contributed by atoms with Crippen LogP contribution in [0.25, 0.3) is 0 Å². The molecule has 0 fully saturated rings. The van der Waals surface area contributed by atoms with E-state index in [2.05, 4.69) is 36.4 Å². The molecule has 2 heteroatoms. The van der Waals surface area contributed by atoms with E-state index in [0.29, 0.717) is 5.92 Å². The Labute approximate surface area is 71.6 Å². The summed E-state index contributed by atoms with van der Waals surface area (Å²) < 4.78 is 5.23. The van der Waals surface area contributed by atoms with Gasteiger partial charge in [0.2, 0.25) is 0 Å². The highest BCUT2D eigenvalue weighted by Crippen LogP contribution is 2.15. The summed E-state index contributed by atoms with van der Waals surface area (Å²) in [5, 5.41) is 0.823. The van der Waals surface area contributed by atoms with Crippen LogP contribution in [0.1, 0.15) is 13.8 Å². The first-order valence-corrected chi connectivity index (χ1v) is 4.52. The molecule has 1 nitrogen and oxygen atoms in total. The molecular weight excluding hydrogens is 192 g/mol. The third kappa shape index (κ3) is 2.84. The molecule has 0 aromatic heterocycles. The van der Waals surface area contributed by atoms with Gasteiger partial charge in [-0.25, -0.2) is 0 Å². The molecule has 0 aromatic carbocycles. The fourth-order valence-corrected chi connectivity index (χ4v) is 1.31. The molecule has 0 aliphatic rings. The van der Waals surface area contributed by atoms with Gasteiger partial charge in [0, 0.05) is 12.4 Å². The quantitative estimate of drug-likeness (QED) is 0.508. The highest BCUT2D eigenvalue weighted by molar-refractivity contribution is 9.09. The zero-order valence-corrected chi connectivity index (χ0v) is 8.44. The van der Waals surface area contributed by atoms with Crippen LogP contribution in [0.4, 0.5) is 0 Å². The summed E-state index contributed by atoms with van der Waals surface area (Å²) in [5.74, 6) is 0.509. The van der Waals surface area contributed by atoms with Crippen molar-refractivity contribution in [1.29, 1.82) is 0 Å². The van der Waals surface area contributed by atoms with Crippen LogP contribution < -0.4 is 0 Å². The molecule has 0 bridgehead atoms. The van der Waals surface area contributed by atoms with Gasteiger partial charge in [-0.1, -0.05) is 36.4 Å². The van der Waals surface area contributed by atoms with Gasteiger partial charge < -0.3 is 4.74 Å². The minimum Gasteiger partial charge on any atom is -0.377 e. The molecule has 0 heterocycles. The first-order valence-electron chi connectivity index (χ1n) is 3.40. The van der Waals surface area contributed by atoms with Crippen molar-refractivity contribution in [2.75, 3.05) is 12.4 Å². The Kier molecular flexibility index (Phi) is 5.00. The third-order valence-electron chi connectivity index (χ3n) is 1.43. The molecule has 0 rings (SSSR count). The second kappa shape index (κ2) is 4.91. The molecule has 0 spiro atoms. The second-order valence-electron chi connectivity index (χ2n) is 2.69. The first kappa shape index (κ1) is 10.2. The lowest BCUT2D eigenvalue weighted by Crippen LogP contribution is -2.20. The Bertz CT molecular complexity index is 110. The third-order valence-corrected chi connectivity index (χ3v) is 2.15. The van der Waals surface area contributed by atoms with E-state index in [0.717, 1.165) is 10.9 Å². The summed E-state index contributed by atoms with van der Waals surface area (Å²) in [4.78, 5) is 0. The van der Waals surface area contributed by atoms with Crippen LogP contribution in [0.5, 0.6) is 0 Å². The van der Waals surface area contributed by atoms with Gasteiger partial charge in [0.15, 0.2) is 0 Å². The fourth-order valence-electron chi connectivity index (χ4n) is 0.986. The van der Waals surface area contributed by atoms with E-state index in [1.807, 2.05) is 0 Å². The minimum absolute atomic E-state index is 0.194. The molecule has 0 saturated carbocycles. The summed E-state index contributed by atoms with van der Waals surface area (Å²) in [5.41, 5.74) is 1.11. The van der Waals surface area contributed by atoms with E-state index >= 15 is 0 Å². The Morgan fingerprint density at radius 2 is 2.10 bits per heavy atom.